The van der Waals surface area contributed by atoms with E-state index < -0.39 is 83.7 Å². The highest BCUT2D eigenvalue weighted by Gasteiger charge is 2.42. The number of nitrogens with zero attached hydrogens (tertiary/aromatic N) is 5. The number of aliphatic imine (C=N–C) groups is 3. The molecule has 0 bridgehead atoms. The molecule has 2 aliphatic heterocycles. The minimum absolute atomic E-state index is 0.0128. The number of carboxylic acids is 1. The van der Waals surface area contributed by atoms with Crippen LogP contribution in [0.1, 0.15) is 105 Å². The number of amides is 6. The van der Waals surface area contributed by atoms with Gasteiger partial charge in [0, 0.05) is 32.7 Å². The quantitative estimate of drug-likeness (QED) is 0.0217. The molecule has 19 N–H and O–H groups in total. The number of nitrogens with two attached hydrogens (primary N) is 7. The molecule has 2 rings (SSSR count). The molecule has 2 aliphatic rings. The van der Waals surface area contributed by atoms with Gasteiger partial charge in [-0.25, -0.2) is 4.79 Å². The molecular weight excluding hydrogens is 833 g/mol. The maximum atomic E-state index is 14.5. The Hall–Kier alpha value is -5.94. The molecule has 9 atom stereocenters. The van der Waals surface area contributed by atoms with E-state index in [9.17, 15) is 38.7 Å². The number of carbonyl (C=O) groups is 7. The van der Waals surface area contributed by atoms with Crippen molar-refractivity contribution in [2.45, 2.75) is 147 Å². The van der Waals surface area contributed by atoms with Gasteiger partial charge in [-0.15, -0.1) is 0 Å². The Morgan fingerprint density at radius 2 is 1.02 bits per heavy atom. The standard InChI is InChI=1S/C40H74N16O8/c1-5-22(3)29(41)36(62)56-21-11-16-28(56)33(59)54-30(23(4)6-2)34(60)52-25(13-8-18-49-39(44)45)35(61)55-20-10-15-27(55)32(58)51-24(12-7-17-48-38(42)43)31(57)53-26(37(63)64)14-9-19-50-40(46)47/h22-30H,5-21,41H2,1-4H3,(H,51,58)(H,52,60)(H,53,57)(H,54,59)(H,63,64)(H4,42,43,48)(H4,44,45,49)(H4,46,47,50). The van der Waals surface area contributed by atoms with Crippen molar-refractivity contribution in [3.05, 3.63) is 0 Å². The van der Waals surface area contributed by atoms with Crippen LogP contribution in [0.25, 0.3) is 0 Å². The van der Waals surface area contributed by atoms with E-state index in [0.717, 1.165) is 0 Å². The lowest BCUT2D eigenvalue weighted by atomic mass is 9.96. The Labute approximate surface area is 375 Å². The predicted molar refractivity (Wildman–Crippen MR) is 241 cm³/mol. The third kappa shape index (κ3) is 17.3. The summed E-state index contributed by atoms with van der Waals surface area (Å²) in [6.07, 6.45) is 3.55. The van der Waals surface area contributed by atoms with E-state index >= 15 is 0 Å². The minimum Gasteiger partial charge on any atom is -0.480 e. The van der Waals surface area contributed by atoms with E-state index in [0.29, 0.717) is 38.6 Å². The summed E-state index contributed by atoms with van der Waals surface area (Å²) in [6, 6.07) is -7.53. The summed E-state index contributed by atoms with van der Waals surface area (Å²) in [5, 5.41) is 20.7. The van der Waals surface area contributed by atoms with Crippen molar-refractivity contribution < 1.29 is 38.7 Å². The summed E-state index contributed by atoms with van der Waals surface area (Å²) in [7, 11) is 0. The van der Waals surface area contributed by atoms with Crippen molar-refractivity contribution in [3.8, 4) is 0 Å². The van der Waals surface area contributed by atoms with E-state index in [2.05, 4.69) is 36.2 Å². The van der Waals surface area contributed by atoms with Crippen LogP contribution >= 0.6 is 0 Å². The van der Waals surface area contributed by atoms with Gasteiger partial charge in [0.25, 0.3) is 0 Å². The van der Waals surface area contributed by atoms with E-state index in [1.165, 1.54) is 9.80 Å². The molecule has 0 spiro atoms. The molecule has 9 unspecified atom stereocenters. The zero-order valence-corrected chi connectivity index (χ0v) is 37.8. The summed E-state index contributed by atoms with van der Waals surface area (Å²) < 4.78 is 0. The molecule has 2 fully saturated rings. The fourth-order valence-electron chi connectivity index (χ4n) is 7.54. The topological polar surface area (TPSA) is 414 Å². The highest BCUT2D eigenvalue weighted by Crippen LogP contribution is 2.23. The average Bonchev–Trinajstić information content (AvgIpc) is 3.95. The van der Waals surface area contributed by atoms with Gasteiger partial charge in [-0.1, -0.05) is 40.5 Å². The van der Waals surface area contributed by atoms with Crippen LogP contribution in [-0.2, 0) is 33.6 Å². The van der Waals surface area contributed by atoms with Crippen LogP contribution in [0.5, 0.6) is 0 Å². The van der Waals surface area contributed by atoms with Gasteiger partial charge in [0.05, 0.1) is 6.04 Å². The molecule has 2 heterocycles. The molecule has 2 saturated heterocycles. The molecule has 24 heteroatoms. The van der Waals surface area contributed by atoms with Gasteiger partial charge in [-0.3, -0.25) is 43.7 Å². The zero-order chi connectivity index (χ0) is 48.1. The molecule has 0 aromatic rings. The number of hydrogen-bond acceptors (Lipinski definition) is 11. The third-order valence-corrected chi connectivity index (χ3v) is 11.7. The number of guanidine groups is 3. The second-order valence-corrected chi connectivity index (χ2v) is 16.5. The second kappa shape index (κ2) is 27.3. The molecule has 0 aromatic carbocycles. The van der Waals surface area contributed by atoms with Crippen molar-refractivity contribution >= 4 is 59.3 Å². The van der Waals surface area contributed by atoms with Gasteiger partial charge in [0.2, 0.25) is 35.4 Å². The van der Waals surface area contributed by atoms with Crippen LogP contribution in [0.15, 0.2) is 15.0 Å². The molecule has 6 amide bonds. The monoisotopic (exact) mass is 907 g/mol. The Bertz CT molecular complexity index is 1680. The number of carboxylic acid groups (broad SMARTS) is 1. The Morgan fingerprint density at radius 1 is 0.594 bits per heavy atom. The molecule has 362 valence electrons. The van der Waals surface area contributed by atoms with Crippen LogP contribution in [0.4, 0.5) is 0 Å². The normalized spacial score (nSPS) is 19.1. The smallest absolute Gasteiger partial charge is 0.326 e. The van der Waals surface area contributed by atoms with Gasteiger partial charge >= 0.3 is 5.97 Å². The maximum absolute atomic E-state index is 14.5. The van der Waals surface area contributed by atoms with Gasteiger partial charge in [-0.2, -0.15) is 0 Å². The summed E-state index contributed by atoms with van der Waals surface area (Å²) >= 11 is 0. The van der Waals surface area contributed by atoms with Crippen LogP contribution in [0.2, 0.25) is 0 Å². The van der Waals surface area contributed by atoms with E-state index in [1.807, 2.05) is 20.8 Å². The van der Waals surface area contributed by atoms with Crippen molar-refractivity contribution in [2.75, 3.05) is 32.7 Å². The summed E-state index contributed by atoms with van der Waals surface area (Å²) in [5.74, 6) is -5.83. The predicted octanol–water partition coefficient (Wildman–Crippen LogP) is -3.43. The van der Waals surface area contributed by atoms with Crippen LogP contribution in [0.3, 0.4) is 0 Å². The van der Waals surface area contributed by atoms with E-state index in [1.54, 1.807) is 6.92 Å². The van der Waals surface area contributed by atoms with Crippen molar-refractivity contribution in [1.29, 1.82) is 0 Å². The first-order valence-electron chi connectivity index (χ1n) is 22.2. The number of nitrogens with one attached hydrogen (secondary N) is 4. The van der Waals surface area contributed by atoms with Crippen molar-refractivity contribution in [2.24, 2.45) is 66.9 Å². The lowest BCUT2D eigenvalue weighted by Gasteiger charge is -2.33. The SMILES string of the molecule is CCC(C)C(N)C(=O)N1CCCC1C(=O)NC(C(=O)NC(CCCN=C(N)N)C(=O)N1CCCC1C(=O)NC(CCCN=C(N)N)C(=O)NC(CCCN=C(N)N)C(=O)O)C(C)CC. The fourth-order valence-corrected chi connectivity index (χ4v) is 7.54. The molecule has 64 heavy (non-hydrogen) atoms. The Kier molecular flexibility index (Phi) is 23.1. The lowest BCUT2D eigenvalue weighted by Crippen LogP contribution is -2.60. The number of rotatable bonds is 27. The highest BCUT2D eigenvalue weighted by atomic mass is 16.4. The molecule has 0 aromatic heterocycles. The average molecular weight is 907 g/mol. The van der Waals surface area contributed by atoms with Gasteiger partial charge in [0.15, 0.2) is 17.9 Å². The first-order chi connectivity index (χ1) is 30.2. The van der Waals surface area contributed by atoms with E-state index in [4.69, 9.17) is 40.1 Å². The molecule has 0 saturated carbocycles. The number of hydrogen-bond donors (Lipinski definition) is 12. The van der Waals surface area contributed by atoms with Crippen LogP contribution < -0.4 is 61.4 Å². The molecular formula is C40H74N16O8. The zero-order valence-electron chi connectivity index (χ0n) is 37.8. The second-order valence-electron chi connectivity index (χ2n) is 16.5. The lowest BCUT2D eigenvalue weighted by molar-refractivity contribution is -0.144. The highest BCUT2D eigenvalue weighted by molar-refractivity contribution is 5.97. The Morgan fingerprint density at radius 3 is 1.47 bits per heavy atom. The first-order valence-corrected chi connectivity index (χ1v) is 22.2. The summed E-state index contributed by atoms with van der Waals surface area (Å²) in [4.78, 5) is 110. The largest absolute Gasteiger partial charge is 0.480 e. The van der Waals surface area contributed by atoms with E-state index in [-0.39, 0.29) is 101 Å². The number of carbonyl (C=O) groups excluding carboxylic acids is 6. The maximum Gasteiger partial charge on any atom is 0.326 e. The van der Waals surface area contributed by atoms with Crippen molar-refractivity contribution in [3.63, 3.8) is 0 Å². The molecule has 0 aliphatic carbocycles. The number of likely N-dealkylation sites (tertiary alicyclic amines) is 2. The first kappa shape index (κ1) is 54.2. The van der Waals surface area contributed by atoms with Crippen LogP contribution in [0, 0.1) is 11.8 Å². The van der Waals surface area contributed by atoms with Crippen molar-refractivity contribution in [1.82, 2.24) is 31.1 Å². The summed E-state index contributed by atoms with van der Waals surface area (Å²) in [5.41, 5.74) is 38.9. The molecule has 24 nitrogen and oxygen atoms in total. The number of aliphatic carboxylic acids is 1. The fraction of sp³-hybridized carbons (Fsp3) is 0.750. The van der Waals surface area contributed by atoms with Gasteiger partial charge < -0.3 is 76.3 Å². The van der Waals surface area contributed by atoms with Crippen LogP contribution in [-0.4, -0.2) is 149 Å². The molecule has 0 radical (unpaired) electrons. The third-order valence-electron chi connectivity index (χ3n) is 11.7. The Balaban J connectivity index is 2.35. The summed E-state index contributed by atoms with van der Waals surface area (Å²) in [6.45, 7) is 8.31. The minimum atomic E-state index is -1.33. The van der Waals surface area contributed by atoms with Gasteiger partial charge in [-0.05, 0) is 76.0 Å². The van der Waals surface area contributed by atoms with Gasteiger partial charge in [0.1, 0.15) is 36.3 Å².